The number of fused-ring (bicyclic) bond motifs is 1. The molecular weight excluding hydrogens is 234 g/mol. The van der Waals surface area contributed by atoms with E-state index in [0.29, 0.717) is 18.6 Å². The van der Waals surface area contributed by atoms with Crippen LogP contribution in [-0.2, 0) is 0 Å². The molecule has 0 spiro atoms. The Kier molecular flexibility index (Phi) is 4.80. The third kappa shape index (κ3) is 3.27. The molecule has 0 saturated carbocycles. The van der Waals surface area contributed by atoms with Crippen LogP contribution in [0.4, 0.5) is 0 Å². The predicted molar refractivity (Wildman–Crippen MR) is 81.7 cm³/mol. The minimum atomic E-state index is 0.393. The normalized spacial score (nSPS) is 14.3. The van der Waals surface area contributed by atoms with E-state index in [-0.39, 0.29) is 0 Å². The van der Waals surface area contributed by atoms with Crippen LogP contribution >= 0.6 is 0 Å². The van der Waals surface area contributed by atoms with Gasteiger partial charge < -0.3 is 10.1 Å². The molecule has 2 aromatic rings. The fourth-order valence-corrected chi connectivity index (χ4v) is 2.32. The summed E-state index contributed by atoms with van der Waals surface area (Å²) < 4.78 is 6.03. The standard InChI is InChI=1S/C17H23NO/c1-4-13(2)16(18-3)12-19-17-11-7-9-14-8-5-6-10-15(14)17/h5-11,13,16,18H,4,12H2,1-3H3. The van der Waals surface area contributed by atoms with Crippen LogP contribution in [0.2, 0.25) is 0 Å². The molecule has 0 heterocycles. The predicted octanol–water partition coefficient (Wildman–Crippen LogP) is 3.85. The van der Waals surface area contributed by atoms with Crippen LogP contribution in [0, 0.1) is 5.92 Å². The van der Waals surface area contributed by atoms with Crippen molar-refractivity contribution in [3.05, 3.63) is 42.5 Å². The van der Waals surface area contributed by atoms with Crippen molar-refractivity contribution in [3.63, 3.8) is 0 Å². The molecule has 2 unspecified atom stereocenters. The fourth-order valence-electron chi connectivity index (χ4n) is 2.32. The Labute approximate surface area is 115 Å². The van der Waals surface area contributed by atoms with E-state index in [0.717, 1.165) is 12.2 Å². The molecule has 0 saturated heterocycles. The van der Waals surface area contributed by atoms with Crippen molar-refractivity contribution in [2.45, 2.75) is 26.3 Å². The van der Waals surface area contributed by atoms with Gasteiger partial charge in [-0.2, -0.15) is 0 Å². The lowest BCUT2D eigenvalue weighted by Crippen LogP contribution is -2.37. The highest BCUT2D eigenvalue weighted by Crippen LogP contribution is 2.25. The first-order valence-electron chi connectivity index (χ1n) is 7.04. The monoisotopic (exact) mass is 257 g/mol. The summed E-state index contributed by atoms with van der Waals surface area (Å²) >= 11 is 0. The van der Waals surface area contributed by atoms with Gasteiger partial charge in [0.2, 0.25) is 0 Å². The number of hydrogen-bond donors (Lipinski definition) is 1. The zero-order valence-corrected chi connectivity index (χ0v) is 12.0. The first-order chi connectivity index (χ1) is 9.26. The molecule has 2 aromatic carbocycles. The summed E-state index contributed by atoms with van der Waals surface area (Å²) in [6.45, 7) is 5.18. The minimum Gasteiger partial charge on any atom is -0.491 e. The third-order valence-electron chi connectivity index (χ3n) is 3.87. The first-order valence-corrected chi connectivity index (χ1v) is 7.04. The Morgan fingerprint density at radius 1 is 1.11 bits per heavy atom. The first kappa shape index (κ1) is 13.9. The summed E-state index contributed by atoms with van der Waals surface area (Å²) in [6.07, 6.45) is 1.16. The summed E-state index contributed by atoms with van der Waals surface area (Å²) in [7, 11) is 2.00. The molecule has 0 aliphatic heterocycles. The zero-order chi connectivity index (χ0) is 13.7. The Morgan fingerprint density at radius 2 is 1.84 bits per heavy atom. The lowest BCUT2D eigenvalue weighted by Gasteiger charge is -2.23. The molecule has 19 heavy (non-hydrogen) atoms. The van der Waals surface area contributed by atoms with Crippen LogP contribution in [0.3, 0.4) is 0 Å². The highest BCUT2D eigenvalue weighted by Gasteiger charge is 2.14. The van der Waals surface area contributed by atoms with Crippen LogP contribution in [0.25, 0.3) is 10.8 Å². The van der Waals surface area contributed by atoms with E-state index in [4.69, 9.17) is 4.74 Å². The SMILES string of the molecule is CCC(C)C(COc1cccc2ccccc12)NC. The molecule has 0 fully saturated rings. The van der Waals surface area contributed by atoms with Gasteiger partial charge in [-0.1, -0.05) is 56.7 Å². The van der Waals surface area contributed by atoms with Crippen molar-refractivity contribution in [3.8, 4) is 5.75 Å². The van der Waals surface area contributed by atoms with E-state index < -0.39 is 0 Å². The molecule has 2 nitrogen and oxygen atoms in total. The van der Waals surface area contributed by atoms with Crippen molar-refractivity contribution in [1.29, 1.82) is 0 Å². The topological polar surface area (TPSA) is 21.3 Å². The minimum absolute atomic E-state index is 0.393. The third-order valence-corrected chi connectivity index (χ3v) is 3.87. The summed E-state index contributed by atoms with van der Waals surface area (Å²) in [5.74, 6) is 1.58. The second kappa shape index (κ2) is 6.58. The molecule has 0 aliphatic rings. The second-order valence-corrected chi connectivity index (χ2v) is 5.07. The van der Waals surface area contributed by atoms with Gasteiger partial charge in [0.1, 0.15) is 12.4 Å². The smallest absolute Gasteiger partial charge is 0.127 e. The van der Waals surface area contributed by atoms with Crippen molar-refractivity contribution < 1.29 is 4.74 Å². The van der Waals surface area contributed by atoms with Gasteiger partial charge in [0.15, 0.2) is 0 Å². The van der Waals surface area contributed by atoms with Gasteiger partial charge in [0, 0.05) is 11.4 Å². The Bertz CT molecular complexity index is 518. The summed E-state index contributed by atoms with van der Waals surface area (Å²) in [4.78, 5) is 0. The van der Waals surface area contributed by atoms with E-state index in [2.05, 4.69) is 55.6 Å². The molecular formula is C17H23NO. The molecule has 102 valence electrons. The molecule has 0 amide bonds. The summed E-state index contributed by atoms with van der Waals surface area (Å²) in [6, 6.07) is 15.0. The summed E-state index contributed by atoms with van der Waals surface area (Å²) in [5, 5.41) is 5.76. The van der Waals surface area contributed by atoms with Crippen molar-refractivity contribution >= 4 is 10.8 Å². The van der Waals surface area contributed by atoms with Crippen LogP contribution < -0.4 is 10.1 Å². The maximum absolute atomic E-state index is 6.03. The van der Waals surface area contributed by atoms with E-state index in [1.54, 1.807) is 0 Å². The molecule has 0 radical (unpaired) electrons. The van der Waals surface area contributed by atoms with Crippen LogP contribution in [0.1, 0.15) is 20.3 Å². The van der Waals surface area contributed by atoms with Gasteiger partial charge in [-0.25, -0.2) is 0 Å². The van der Waals surface area contributed by atoms with E-state index in [9.17, 15) is 0 Å². The van der Waals surface area contributed by atoms with Gasteiger partial charge in [-0.15, -0.1) is 0 Å². The lowest BCUT2D eigenvalue weighted by atomic mass is 10.0. The molecule has 1 N–H and O–H groups in total. The molecule has 2 rings (SSSR count). The number of hydrogen-bond acceptors (Lipinski definition) is 2. The Morgan fingerprint density at radius 3 is 2.58 bits per heavy atom. The number of ether oxygens (including phenoxy) is 1. The van der Waals surface area contributed by atoms with Crippen molar-refractivity contribution in [2.75, 3.05) is 13.7 Å². The van der Waals surface area contributed by atoms with Gasteiger partial charge in [0.05, 0.1) is 0 Å². The molecule has 0 bridgehead atoms. The fraction of sp³-hybridized carbons (Fsp3) is 0.412. The number of rotatable bonds is 6. The maximum Gasteiger partial charge on any atom is 0.127 e. The average molecular weight is 257 g/mol. The van der Waals surface area contributed by atoms with Crippen molar-refractivity contribution in [1.82, 2.24) is 5.32 Å². The van der Waals surface area contributed by atoms with Crippen LogP contribution in [0.15, 0.2) is 42.5 Å². The molecule has 2 heteroatoms. The van der Waals surface area contributed by atoms with Gasteiger partial charge in [-0.3, -0.25) is 0 Å². The molecule has 0 aromatic heterocycles. The maximum atomic E-state index is 6.03. The van der Waals surface area contributed by atoms with Gasteiger partial charge in [-0.05, 0) is 24.4 Å². The highest BCUT2D eigenvalue weighted by molar-refractivity contribution is 5.88. The zero-order valence-electron chi connectivity index (χ0n) is 12.0. The van der Waals surface area contributed by atoms with E-state index >= 15 is 0 Å². The average Bonchev–Trinajstić information content (AvgIpc) is 2.47. The Balaban J connectivity index is 2.13. The lowest BCUT2D eigenvalue weighted by molar-refractivity contribution is 0.230. The second-order valence-electron chi connectivity index (χ2n) is 5.07. The largest absolute Gasteiger partial charge is 0.491 e. The van der Waals surface area contributed by atoms with Crippen molar-refractivity contribution in [2.24, 2.45) is 5.92 Å². The molecule has 0 aliphatic carbocycles. The highest BCUT2D eigenvalue weighted by atomic mass is 16.5. The van der Waals surface area contributed by atoms with Crippen LogP contribution in [-0.4, -0.2) is 19.7 Å². The van der Waals surface area contributed by atoms with E-state index in [1.807, 2.05) is 13.1 Å². The number of benzene rings is 2. The number of likely N-dealkylation sites (N-methyl/N-ethyl adjacent to an activating group) is 1. The molecule has 2 atom stereocenters. The Hall–Kier alpha value is -1.54. The van der Waals surface area contributed by atoms with Crippen LogP contribution in [0.5, 0.6) is 5.75 Å². The quantitative estimate of drug-likeness (QED) is 0.848. The number of nitrogens with one attached hydrogen (secondary N) is 1. The van der Waals surface area contributed by atoms with Gasteiger partial charge >= 0.3 is 0 Å². The summed E-state index contributed by atoms with van der Waals surface area (Å²) in [5.41, 5.74) is 0. The van der Waals surface area contributed by atoms with E-state index in [1.165, 1.54) is 10.8 Å². The van der Waals surface area contributed by atoms with Gasteiger partial charge in [0.25, 0.3) is 0 Å².